The average Bonchev–Trinajstić information content (AvgIpc) is 3.20. The van der Waals surface area contributed by atoms with E-state index >= 15 is 0 Å². The Kier molecular flexibility index (Phi) is 4.84. The zero-order valence-corrected chi connectivity index (χ0v) is 18.3. The standard InChI is InChI=1S/C24H20BrClN2O/c1-2-15-3-5-16(6-4-15)21-14-22-20-13-18(25)9-12-23(20)29-24(28(22)27-21)17-7-10-19(26)11-8-17/h3-13,22,24H,2,14H2,1H3. The summed E-state index contributed by atoms with van der Waals surface area (Å²) in [6.45, 7) is 2.17. The molecule has 5 heteroatoms. The van der Waals surface area contributed by atoms with Gasteiger partial charge in [0.05, 0.1) is 11.8 Å². The van der Waals surface area contributed by atoms with Crippen LogP contribution in [0.3, 0.4) is 0 Å². The molecule has 3 nitrogen and oxygen atoms in total. The summed E-state index contributed by atoms with van der Waals surface area (Å²) >= 11 is 9.71. The van der Waals surface area contributed by atoms with Crippen molar-refractivity contribution in [1.82, 2.24) is 5.01 Å². The van der Waals surface area contributed by atoms with Crippen LogP contribution < -0.4 is 4.74 Å². The molecule has 2 aliphatic heterocycles. The van der Waals surface area contributed by atoms with Crippen molar-refractivity contribution in [3.63, 3.8) is 0 Å². The quantitative estimate of drug-likeness (QED) is 0.418. The highest BCUT2D eigenvalue weighted by molar-refractivity contribution is 9.10. The molecule has 0 aromatic heterocycles. The van der Waals surface area contributed by atoms with Crippen LogP contribution in [0.2, 0.25) is 5.02 Å². The average molecular weight is 468 g/mol. The molecule has 3 aromatic rings. The molecule has 2 atom stereocenters. The van der Waals surface area contributed by atoms with Crippen molar-refractivity contribution in [1.29, 1.82) is 0 Å². The van der Waals surface area contributed by atoms with E-state index in [-0.39, 0.29) is 12.3 Å². The van der Waals surface area contributed by atoms with Crippen molar-refractivity contribution in [2.75, 3.05) is 0 Å². The van der Waals surface area contributed by atoms with Crippen LogP contribution in [0.4, 0.5) is 0 Å². The van der Waals surface area contributed by atoms with Crippen molar-refractivity contribution in [3.05, 3.63) is 98.5 Å². The second kappa shape index (κ2) is 7.51. The van der Waals surface area contributed by atoms with Gasteiger partial charge in [0.1, 0.15) is 5.75 Å². The normalized spacial score (nSPS) is 20.0. The molecule has 0 radical (unpaired) electrons. The first-order valence-electron chi connectivity index (χ1n) is 9.79. The maximum absolute atomic E-state index is 6.40. The number of aryl methyl sites for hydroxylation is 1. The SMILES string of the molecule is CCc1ccc(C2=NN3C(C2)c2cc(Br)ccc2OC3c2ccc(Cl)cc2)cc1. The van der Waals surface area contributed by atoms with Gasteiger partial charge in [0.2, 0.25) is 6.23 Å². The van der Waals surface area contributed by atoms with Crippen LogP contribution in [0.5, 0.6) is 5.75 Å². The summed E-state index contributed by atoms with van der Waals surface area (Å²) in [5.41, 5.74) is 5.80. The van der Waals surface area contributed by atoms with Crippen molar-refractivity contribution in [3.8, 4) is 5.75 Å². The van der Waals surface area contributed by atoms with Gasteiger partial charge in [0.15, 0.2) is 0 Å². The van der Waals surface area contributed by atoms with Gasteiger partial charge in [-0.15, -0.1) is 0 Å². The number of benzene rings is 3. The molecule has 0 saturated carbocycles. The van der Waals surface area contributed by atoms with Gasteiger partial charge in [-0.25, -0.2) is 5.01 Å². The zero-order valence-electron chi connectivity index (χ0n) is 16.0. The van der Waals surface area contributed by atoms with Crippen LogP contribution in [-0.4, -0.2) is 10.7 Å². The lowest BCUT2D eigenvalue weighted by molar-refractivity contribution is -0.0190. The lowest BCUT2D eigenvalue weighted by Crippen LogP contribution is -2.33. The van der Waals surface area contributed by atoms with E-state index in [1.54, 1.807) is 0 Å². The summed E-state index contributed by atoms with van der Waals surface area (Å²) in [7, 11) is 0. The van der Waals surface area contributed by atoms with Crippen molar-refractivity contribution in [2.24, 2.45) is 5.10 Å². The topological polar surface area (TPSA) is 24.8 Å². The summed E-state index contributed by atoms with van der Waals surface area (Å²) in [4.78, 5) is 0. The molecule has 3 aromatic carbocycles. The largest absolute Gasteiger partial charge is 0.464 e. The third-order valence-corrected chi connectivity index (χ3v) is 6.35. The highest BCUT2D eigenvalue weighted by atomic mass is 79.9. The number of nitrogens with zero attached hydrogens (tertiary/aromatic N) is 2. The Hall–Kier alpha value is -2.30. The van der Waals surface area contributed by atoms with Gasteiger partial charge in [-0.1, -0.05) is 70.9 Å². The fraction of sp³-hybridized carbons (Fsp3) is 0.208. The van der Waals surface area contributed by atoms with Gasteiger partial charge < -0.3 is 4.74 Å². The monoisotopic (exact) mass is 466 g/mol. The van der Waals surface area contributed by atoms with E-state index in [4.69, 9.17) is 21.4 Å². The Labute approximate surface area is 184 Å². The Bertz CT molecular complexity index is 1080. The minimum atomic E-state index is -0.279. The molecule has 2 heterocycles. The van der Waals surface area contributed by atoms with Crippen molar-refractivity contribution in [2.45, 2.75) is 32.0 Å². The zero-order chi connectivity index (χ0) is 20.0. The molecule has 0 spiro atoms. The summed E-state index contributed by atoms with van der Waals surface area (Å²) in [6, 6.07) is 22.9. The van der Waals surface area contributed by atoms with Gasteiger partial charge in [0.25, 0.3) is 0 Å². The van der Waals surface area contributed by atoms with Crippen LogP contribution >= 0.6 is 27.5 Å². The second-order valence-corrected chi connectivity index (χ2v) is 8.75. The van der Waals surface area contributed by atoms with Gasteiger partial charge in [-0.3, -0.25) is 0 Å². The van der Waals surface area contributed by atoms with E-state index in [0.717, 1.165) is 39.9 Å². The number of fused-ring (bicyclic) bond motifs is 3. The molecule has 29 heavy (non-hydrogen) atoms. The van der Waals surface area contributed by atoms with E-state index in [1.165, 1.54) is 11.1 Å². The van der Waals surface area contributed by atoms with E-state index in [9.17, 15) is 0 Å². The minimum absolute atomic E-state index is 0.137. The predicted octanol–water partition coefficient (Wildman–Crippen LogP) is 6.91. The first-order chi connectivity index (χ1) is 14.1. The van der Waals surface area contributed by atoms with Gasteiger partial charge >= 0.3 is 0 Å². The van der Waals surface area contributed by atoms with Gasteiger partial charge in [0, 0.05) is 27.0 Å². The molecule has 0 N–H and O–H groups in total. The molecule has 2 aliphatic rings. The molecular weight excluding hydrogens is 448 g/mol. The second-order valence-electron chi connectivity index (χ2n) is 7.40. The Morgan fingerprint density at radius 1 is 1.07 bits per heavy atom. The number of ether oxygens (including phenoxy) is 1. The van der Waals surface area contributed by atoms with E-state index in [0.29, 0.717) is 5.02 Å². The summed E-state index contributed by atoms with van der Waals surface area (Å²) in [5.74, 6) is 0.909. The van der Waals surface area contributed by atoms with E-state index < -0.39 is 0 Å². The highest BCUT2D eigenvalue weighted by Crippen LogP contribution is 2.48. The molecule has 0 aliphatic carbocycles. The number of halogens is 2. The first-order valence-corrected chi connectivity index (χ1v) is 11.0. The molecule has 146 valence electrons. The van der Waals surface area contributed by atoms with Gasteiger partial charge in [-0.05, 0) is 47.9 Å². The number of hydrogen-bond acceptors (Lipinski definition) is 3. The molecular formula is C24H20BrClN2O. The third kappa shape index (κ3) is 3.45. The molecule has 0 fully saturated rings. The van der Waals surface area contributed by atoms with Crippen LogP contribution in [0.15, 0.2) is 76.3 Å². The Morgan fingerprint density at radius 3 is 2.55 bits per heavy atom. The lowest BCUT2D eigenvalue weighted by atomic mass is 9.95. The smallest absolute Gasteiger partial charge is 0.213 e. The molecule has 0 saturated heterocycles. The third-order valence-electron chi connectivity index (χ3n) is 5.60. The van der Waals surface area contributed by atoms with Gasteiger partial charge in [-0.2, -0.15) is 5.10 Å². The van der Waals surface area contributed by atoms with Crippen LogP contribution in [0, 0.1) is 0 Å². The fourth-order valence-electron chi connectivity index (χ4n) is 4.01. The fourth-order valence-corrected chi connectivity index (χ4v) is 4.52. The summed E-state index contributed by atoms with van der Waals surface area (Å²) in [5, 5.41) is 7.83. The molecule has 0 bridgehead atoms. The Balaban J connectivity index is 1.57. The number of hydrogen-bond donors (Lipinski definition) is 0. The highest BCUT2D eigenvalue weighted by Gasteiger charge is 2.41. The molecule has 0 amide bonds. The van der Waals surface area contributed by atoms with E-state index in [1.807, 2.05) is 36.4 Å². The van der Waals surface area contributed by atoms with Crippen LogP contribution in [0.1, 0.15) is 47.9 Å². The maximum Gasteiger partial charge on any atom is 0.213 e. The first kappa shape index (κ1) is 18.7. The molecule has 5 rings (SSSR count). The number of hydrazone groups is 1. The predicted molar refractivity (Wildman–Crippen MR) is 121 cm³/mol. The van der Waals surface area contributed by atoms with E-state index in [2.05, 4.69) is 58.2 Å². The Morgan fingerprint density at radius 2 is 1.83 bits per heavy atom. The summed E-state index contributed by atoms with van der Waals surface area (Å²) < 4.78 is 7.45. The summed E-state index contributed by atoms with van der Waals surface area (Å²) in [6.07, 6.45) is 1.61. The van der Waals surface area contributed by atoms with Crippen LogP contribution in [-0.2, 0) is 6.42 Å². The van der Waals surface area contributed by atoms with Crippen LogP contribution in [0.25, 0.3) is 0 Å². The molecule has 2 unspecified atom stereocenters. The lowest BCUT2D eigenvalue weighted by Gasteiger charge is -2.38. The van der Waals surface area contributed by atoms with Crippen molar-refractivity contribution >= 4 is 33.2 Å². The number of rotatable bonds is 3. The maximum atomic E-state index is 6.40. The van der Waals surface area contributed by atoms with Crippen molar-refractivity contribution < 1.29 is 4.74 Å². The minimum Gasteiger partial charge on any atom is -0.464 e.